The van der Waals surface area contributed by atoms with Crippen LogP contribution in [0.2, 0.25) is 0 Å². The molecular formula is C15H22N2O5S. The summed E-state index contributed by atoms with van der Waals surface area (Å²) in [6.07, 6.45) is -0.192. The highest BCUT2D eigenvalue weighted by Gasteiger charge is 2.23. The fourth-order valence-corrected chi connectivity index (χ4v) is 3.58. The van der Waals surface area contributed by atoms with Crippen LogP contribution in [-0.4, -0.2) is 49.3 Å². The van der Waals surface area contributed by atoms with Crippen molar-refractivity contribution in [3.8, 4) is 0 Å². The molecule has 0 radical (unpaired) electrons. The first kappa shape index (κ1) is 19.1. The van der Waals surface area contributed by atoms with Crippen LogP contribution < -0.4 is 5.32 Å². The van der Waals surface area contributed by atoms with Gasteiger partial charge in [-0.25, -0.2) is 8.42 Å². The van der Waals surface area contributed by atoms with E-state index < -0.39 is 21.9 Å². The Balaban J connectivity index is 3.08. The summed E-state index contributed by atoms with van der Waals surface area (Å²) >= 11 is 0. The predicted molar refractivity (Wildman–Crippen MR) is 85.9 cm³/mol. The van der Waals surface area contributed by atoms with Crippen molar-refractivity contribution >= 4 is 21.9 Å². The average molecular weight is 342 g/mol. The molecule has 1 aromatic rings. The quantitative estimate of drug-likeness (QED) is 0.739. The van der Waals surface area contributed by atoms with Crippen LogP contribution in [0.5, 0.6) is 0 Å². The molecule has 128 valence electrons. The number of rotatable bonds is 8. The molecule has 0 saturated heterocycles. The molecule has 0 aliphatic rings. The lowest BCUT2D eigenvalue weighted by Gasteiger charge is -2.19. The zero-order valence-electron chi connectivity index (χ0n) is 13.5. The van der Waals surface area contributed by atoms with E-state index >= 15 is 0 Å². The van der Waals surface area contributed by atoms with Crippen molar-refractivity contribution in [2.75, 3.05) is 19.6 Å². The summed E-state index contributed by atoms with van der Waals surface area (Å²) < 4.78 is 26.3. The number of carbonyl (C=O) groups is 2. The van der Waals surface area contributed by atoms with Crippen LogP contribution >= 0.6 is 0 Å². The number of carbonyl (C=O) groups excluding carboxylic acids is 1. The van der Waals surface area contributed by atoms with E-state index in [4.69, 9.17) is 5.11 Å². The summed E-state index contributed by atoms with van der Waals surface area (Å²) in [4.78, 5) is 22.6. The highest BCUT2D eigenvalue weighted by molar-refractivity contribution is 7.89. The van der Waals surface area contributed by atoms with E-state index in [0.717, 1.165) is 0 Å². The highest BCUT2D eigenvalue weighted by atomic mass is 32.2. The molecule has 0 unspecified atom stereocenters. The molecule has 0 bridgehead atoms. The Kier molecular flexibility index (Phi) is 6.71. The minimum Gasteiger partial charge on any atom is -0.481 e. The molecule has 1 aromatic carbocycles. The summed E-state index contributed by atoms with van der Waals surface area (Å²) in [6, 6.07) is 4.37. The first-order chi connectivity index (χ1) is 10.7. The number of hydrogen-bond acceptors (Lipinski definition) is 4. The van der Waals surface area contributed by atoms with Crippen LogP contribution in [-0.2, 0) is 14.8 Å². The number of benzene rings is 1. The van der Waals surface area contributed by atoms with Gasteiger partial charge in [0.1, 0.15) is 0 Å². The van der Waals surface area contributed by atoms with E-state index in [1.807, 2.05) is 0 Å². The van der Waals surface area contributed by atoms with Crippen LogP contribution in [0.15, 0.2) is 23.1 Å². The maximum atomic E-state index is 12.5. The number of carboxylic acid groups (broad SMARTS) is 1. The third-order valence-electron chi connectivity index (χ3n) is 3.42. The van der Waals surface area contributed by atoms with Crippen molar-refractivity contribution in [1.29, 1.82) is 0 Å². The number of nitrogens with zero attached hydrogens (tertiary/aromatic N) is 1. The van der Waals surface area contributed by atoms with Crippen molar-refractivity contribution in [3.63, 3.8) is 0 Å². The number of carboxylic acids is 1. The first-order valence-corrected chi connectivity index (χ1v) is 8.78. The van der Waals surface area contributed by atoms with Crippen LogP contribution in [0.25, 0.3) is 0 Å². The molecule has 0 atom stereocenters. The number of aryl methyl sites for hydroxylation is 1. The van der Waals surface area contributed by atoms with E-state index in [1.165, 1.54) is 16.4 Å². The van der Waals surface area contributed by atoms with Crippen molar-refractivity contribution in [2.45, 2.75) is 32.1 Å². The van der Waals surface area contributed by atoms with Crippen LogP contribution in [0.1, 0.15) is 36.2 Å². The Morgan fingerprint density at radius 3 is 2.35 bits per heavy atom. The van der Waals surface area contributed by atoms with Crippen molar-refractivity contribution in [3.05, 3.63) is 29.3 Å². The third kappa shape index (κ3) is 4.77. The summed E-state index contributed by atoms with van der Waals surface area (Å²) in [5, 5.41) is 11.1. The van der Waals surface area contributed by atoms with Gasteiger partial charge in [0.05, 0.1) is 11.3 Å². The Hall–Kier alpha value is -1.93. The normalized spacial score (nSPS) is 11.5. The molecule has 0 aromatic heterocycles. The highest BCUT2D eigenvalue weighted by Crippen LogP contribution is 2.19. The van der Waals surface area contributed by atoms with Crippen molar-refractivity contribution in [1.82, 2.24) is 9.62 Å². The lowest BCUT2D eigenvalue weighted by Crippen LogP contribution is -2.31. The van der Waals surface area contributed by atoms with Gasteiger partial charge < -0.3 is 10.4 Å². The van der Waals surface area contributed by atoms with Crippen LogP contribution in [0.3, 0.4) is 0 Å². The Morgan fingerprint density at radius 1 is 1.22 bits per heavy atom. The first-order valence-electron chi connectivity index (χ1n) is 7.34. The number of hydrogen-bond donors (Lipinski definition) is 2. The van der Waals surface area contributed by atoms with Gasteiger partial charge in [0.15, 0.2) is 0 Å². The van der Waals surface area contributed by atoms with Crippen molar-refractivity contribution in [2.24, 2.45) is 0 Å². The number of aliphatic carboxylic acids is 1. The molecule has 8 heteroatoms. The Morgan fingerprint density at radius 2 is 1.83 bits per heavy atom. The molecule has 2 N–H and O–H groups in total. The largest absolute Gasteiger partial charge is 0.481 e. The second-order valence-corrected chi connectivity index (χ2v) is 6.90. The summed E-state index contributed by atoms with van der Waals surface area (Å²) in [5.41, 5.74) is 0.847. The smallest absolute Gasteiger partial charge is 0.305 e. The second kappa shape index (κ2) is 8.07. The lowest BCUT2D eigenvalue weighted by molar-refractivity contribution is -0.136. The molecule has 1 rings (SSSR count). The van der Waals surface area contributed by atoms with Gasteiger partial charge in [0, 0.05) is 25.2 Å². The fraction of sp³-hybridized carbons (Fsp3) is 0.467. The van der Waals surface area contributed by atoms with Gasteiger partial charge >= 0.3 is 5.97 Å². The molecule has 0 saturated carbocycles. The van der Waals surface area contributed by atoms with Gasteiger partial charge in [-0.15, -0.1) is 0 Å². The summed E-state index contributed by atoms with van der Waals surface area (Å²) in [6.45, 7) is 5.85. The zero-order chi connectivity index (χ0) is 17.6. The Bertz CT molecular complexity index is 681. The zero-order valence-corrected chi connectivity index (χ0v) is 14.3. The van der Waals surface area contributed by atoms with Gasteiger partial charge in [-0.3, -0.25) is 9.59 Å². The van der Waals surface area contributed by atoms with Gasteiger partial charge in [-0.05, 0) is 24.6 Å². The topological polar surface area (TPSA) is 104 Å². The van der Waals surface area contributed by atoms with Crippen LogP contribution in [0.4, 0.5) is 0 Å². The summed E-state index contributed by atoms with van der Waals surface area (Å²) in [5.74, 6) is -1.50. The predicted octanol–water partition coefficient (Wildman–Crippen LogP) is 1.23. The van der Waals surface area contributed by atoms with Gasteiger partial charge in [-0.2, -0.15) is 4.31 Å². The standard InChI is InChI=1S/C15H22N2O5S/c1-4-17(5-2)23(21,22)12-7-6-11(3)13(10-12)15(20)16-9-8-14(18)19/h6-7,10H,4-5,8-9H2,1-3H3,(H,16,20)(H,18,19). The Labute approximate surface area is 136 Å². The van der Waals surface area contributed by atoms with Gasteiger partial charge in [0.2, 0.25) is 10.0 Å². The van der Waals surface area contributed by atoms with Gasteiger partial charge in [0.25, 0.3) is 5.91 Å². The number of nitrogens with one attached hydrogen (secondary N) is 1. The SMILES string of the molecule is CCN(CC)S(=O)(=O)c1ccc(C)c(C(=O)NCCC(=O)O)c1. The van der Waals surface area contributed by atoms with E-state index in [2.05, 4.69) is 5.32 Å². The third-order valence-corrected chi connectivity index (χ3v) is 5.47. The lowest BCUT2D eigenvalue weighted by atomic mass is 10.1. The van der Waals surface area contributed by atoms with E-state index in [0.29, 0.717) is 18.7 Å². The number of sulfonamides is 1. The van der Waals surface area contributed by atoms with E-state index in [9.17, 15) is 18.0 Å². The van der Waals surface area contributed by atoms with E-state index in [1.54, 1.807) is 26.8 Å². The molecule has 0 aliphatic carbocycles. The summed E-state index contributed by atoms with van der Waals surface area (Å²) in [7, 11) is -3.65. The fourth-order valence-electron chi connectivity index (χ4n) is 2.10. The monoisotopic (exact) mass is 342 g/mol. The second-order valence-electron chi connectivity index (χ2n) is 4.97. The van der Waals surface area contributed by atoms with Crippen LogP contribution in [0, 0.1) is 6.92 Å². The van der Waals surface area contributed by atoms with Crippen molar-refractivity contribution < 1.29 is 23.1 Å². The molecule has 7 nitrogen and oxygen atoms in total. The van der Waals surface area contributed by atoms with E-state index in [-0.39, 0.29) is 23.4 Å². The molecule has 0 heterocycles. The molecule has 0 spiro atoms. The molecule has 23 heavy (non-hydrogen) atoms. The molecule has 1 amide bonds. The minimum atomic E-state index is -3.65. The molecular weight excluding hydrogens is 320 g/mol. The maximum absolute atomic E-state index is 12.5. The molecule has 0 aliphatic heterocycles. The van der Waals surface area contributed by atoms with Gasteiger partial charge in [-0.1, -0.05) is 19.9 Å². The molecule has 0 fully saturated rings. The minimum absolute atomic E-state index is 0.0133. The number of amides is 1. The maximum Gasteiger partial charge on any atom is 0.305 e. The average Bonchev–Trinajstić information content (AvgIpc) is 2.47.